The summed E-state index contributed by atoms with van der Waals surface area (Å²) < 4.78 is 5.22. The lowest BCUT2D eigenvalue weighted by atomic mass is 9.79. The van der Waals surface area contributed by atoms with Gasteiger partial charge in [-0.15, -0.1) is 0 Å². The molecule has 28 heavy (non-hydrogen) atoms. The quantitative estimate of drug-likeness (QED) is 0.742. The number of hydrogen-bond acceptors (Lipinski definition) is 3. The van der Waals surface area contributed by atoms with Gasteiger partial charge in [-0.25, -0.2) is 0 Å². The van der Waals surface area contributed by atoms with E-state index in [1.54, 1.807) is 48.4 Å². The molecule has 1 aliphatic heterocycles. The molecule has 4 rings (SSSR count). The highest BCUT2D eigenvalue weighted by molar-refractivity contribution is 6.10. The standard InChI is InChI=1S/C23H19NO4/c1-28-17-13-11-15(12-14-17)21-20(23(26)27)18-9-5-6-10-19(18)22(25)24(21)16-7-3-2-4-8-16/h2-14,20-21H,1H3,(H,26,27)/t20-,21-/m0/s1. The lowest BCUT2D eigenvalue weighted by Crippen LogP contribution is -2.45. The second-order valence-corrected chi connectivity index (χ2v) is 6.63. The molecule has 0 bridgehead atoms. The van der Waals surface area contributed by atoms with Crippen molar-refractivity contribution in [3.63, 3.8) is 0 Å². The van der Waals surface area contributed by atoms with E-state index < -0.39 is 17.9 Å². The Balaban J connectivity index is 1.95. The van der Waals surface area contributed by atoms with Gasteiger partial charge in [-0.1, -0.05) is 48.5 Å². The normalized spacial score (nSPS) is 18.5. The van der Waals surface area contributed by atoms with Crippen LogP contribution in [0.5, 0.6) is 5.75 Å². The molecule has 1 N–H and O–H groups in total. The zero-order valence-corrected chi connectivity index (χ0v) is 15.3. The molecule has 3 aromatic carbocycles. The number of carboxylic acids is 1. The number of carboxylic acid groups (broad SMARTS) is 1. The molecule has 0 aliphatic carbocycles. The highest BCUT2D eigenvalue weighted by Crippen LogP contribution is 2.45. The molecule has 0 fully saturated rings. The molecule has 3 aromatic rings. The summed E-state index contributed by atoms with van der Waals surface area (Å²) in [5.41, 5.74) is 2.35. The summed E-state index contributed by atoms with van der Waals surface area (Å²) in [4.78, 5) is 27.3. The van der Waals surface area contributed by atoms with Crippen molar-refractivity contribution < 1.29 is 19.4 Å². The van der Waals surface area contributed by atoms with Crippen LogP contribution in [0, 0.1) is 0 Å². The van der Waals surface area contributed by atoms with Crippen LogP contribution >= 0.6 is 0 Å². The van der Waals surface area contributed by atoms with Gasteiger partial charge in [-0.2, -0.15) is 0 Å². The molecule has 140 valence electrons. The molecular weight excluding hydrogens is 354 g/mol. The van der Waals surface area contributed by atoms with Gasteiger partial charge < -0.3 is 9.84 Å². The first-order valence-electron chi connectivity index (χ1n) is 8.96. The molecule has 0 radical (unpaired) electrons. The van der Waals surface area contributed by atoms with E-state index in [1.165, 1.54) is 0 Å². The number of fused-ring (bicyclic) bond motifs is 1. The molecule has 0 unspecified atom stereocenters. The van der Waals surface area contributed by atoms with Gasteiger partial charge in [0.15, 0.2) is 0 Å². The molecule has 1 aliphatic rings. The number of carbonyl (C=O) groups is 2. The summed E-state index contributed by atoms with van der Waals surface area (Å²) in [7, 11) is 1.58. The Labute approximate surface area is 162 Å². The molecule has 1 amide bonds. The van der Waals surface area contributed by atoms with E-state index >= 15 is 0 Å². The first-order valence-corrected chi connectivity index (χ1v) is 8.96. The lowest BCUT2D eigenvalue weighted by molar-refractivity contribution is -0.139. The largest absolute Gasteiger partial charge is 0.497 e. The van der Waals surface area contributed by atoms with Crippen molar-refractivity contribution >= 4 is 17.6 Å². The van der Waals surface area contributed by atoms with Gasteiger partial charge in [0.25, 0.3) is 5.91 Å². The van der Waals surface area contributed by atoms with Crippen molar-refractivity contribution in [1.82, 2.24) is 0 Å². The number of nitrogens with zero attached hydrogens (tertiary/aromatic N) is 1. The molecule has 5 nitrogen and oxygen atoms in total. The summed E-state index contributed by atoms with van der Waals surface area (Å²) in [6, 6.07) is 22.6. The van der Waals surface area contributed by atoms with Crippen molar-refractivity contribution in [1.29, 1.82) is 0 Å². The van der Waals surface area contributed by atoms with Crippen molar-refractivity contribution in [2.24, 2.45) is 0 Å². The number of methoxy groups -OCH3 is 1. The van der Waals surface area contributed by atoms with Gasteiger partial charge in [0.05, 0.1) is 13.2 Å². The average molecular weight is 373 g/mol. The minimum Gasteiger partial charge on any atom is -0.497 e. The first kappa shape index (κ1) is 17.8. The number of carbonyl (C=O) groups excluding carboxylic acids is 1. The lowest BCUT2D eigenvalue weighted by Gasteiger charge is -2.40. The smallest absolute Gasteiger partial charge is 0.313 e. The highest BCUT2D eigenvalue weighted by atomic mass is 16.5. The van der Waals surface area contributed by atoms with Gasteiger partial charge in [0.1, 0.15) is 11.7 Å². The van der Waals surface area contributed by atoms with Gasteiger partial charge in [0, 0.05) is 11.3 Å². The van der Waals surface area contributed by atoms with Crippen molar-refractivity contribution in [2.75, 3.05) is 12.0 Å². The molecule has 5 heteroatoms. The van der Waals surface area contributed by atoms with Gasteiger partial charge in [-0.05, 0) is 41.5 Å². The third-order valence-electron chi connectivity index (χ3n) is 5.10. The summed E-state index contributed by atoms with van der Waals surface area (Å²) in [5.74, 6) is -1.39. The highest BCUT2D eigenvalue weighted by Gasteiger charge is 2.44. The number of benzene rings is 3. The molecular formula is C23H19NO4. The number of aliphatic carboxylic acids is 1. The number of amides is 1. The maximum absolute atomic E-state index is 13.4. The molecule has 1 heterocycles. The molecule has 0 spiro atoms. The van der Waals surface area contributed by atoms with E-state index in [0.29, 0.717) is 22.6 Å². The van der Waals surface area contributed by atoms with E-state index in [1.807, 2.05) is 42.5 Å². The van der Waals surface area contributed by atoms with E-state index in [-0.39, 0.29) is 5.91 Å². The van der Waals surface area contributed by atoms with Gasteiger partial charge in [-0.3, -0.25) is 14.5 Å². The van der Waals surface area contributed by atoms with E-state index in [9.17, 15) is 14.7 Å². The summed E-state index contributed by atoms with van der Waals surface area (Å²) in [5, 5.41) is 10.1. The zero-order valence-electron chi connectivity index (χ0n) is 15.3. The Hall–Kier alpha value is -3.60. The van der Waals surface area contributed by atoms with Crippen LogP contribution in [0.15, 0.2) is 78.9 Å². The van der Waals surface area contributed by atoms with Crippen LogP contribution in [0.1, 0.15) is 33.4 Å². The van der Waals surface area contributed by atoms with E-state index in [0.717, 1.165) is 5.56 Å². The van der Waals surface area contributed by atoms with Crippen LogP contribution in [0.2, 0.25) is 0 Å². The average Bonchev–Trinajstić information content (AvgIpc) is 2.74. The fraction of sp³-hybridized carbons (Fsp3) is 0.130. The number of rotatable bonds is 4. The van der Waals surface area contributed by atoms with Crippen molar-refractivity contribution in [3.8, 4) is 5.75 Å². The predicted octanol–water partition coefficient (Wildman–Crippen LogP) is 4.27. The second kappa shape index (κ2) is 7.19. The molecule has 0 saturated carbocycles. The fourth-order valence-electron chi connectivity index (χ4n) is 3.82. The third kappa shape index (κ3) is 2.91. The fourth-order valence-corrected chi connectivity index (χ4v) is 3.82. The minimum atomic E-state index is -0.971. The maximum atomic E-state index is 13.4. The Bertz CT molecular complexity index is 1010. The van der Waals surface area contributed by atoms with Crippen molar-refractivity contribution in [2.45, 2.75) is 12.0 Å². The van der Waals surface area contributed by atoms with Crippen LogP contribution < -0.4 is 9.64 Å². The first-order chi connectivity index (χ1) is 13.6. The monoisotopic (exact) mass is 373 g/mol. The van der Waals surface area contributed by atoms with Crippen molar-refractivity contribution in [3.05, 3.63) is 95.6 Å². The summed E-state index contributed by atoms with van der Waals surface area (Å²) >= 11 is 0. The Kier molecular flexibility index (Phi) is 4.57. The summed E-state index contributed by atoms with van der Waals surface area (Å²) in [6.07, 6.45) is 0. The molecule has 0 saturated heterocycles. The van der Waals surface area contributed by atoms with Crippen LogP contribution in [-0.2, 0) is 4.79 Å². The Morgan fingerprint density at radius 2 is 1.57 bits per heavy atom. The number of hydrogen-bond donors (Lipinski definition) is 1. The molecule has 2 atom stereocenters. The van der Waals surface area contributed by atoms with Gasteiger partial charge >= 0.3 is 5.97 Å². The van der Waals surface area contributed by atoms with E-state index in [4.69, 9.17) is 4.74 Å². The molecule has 0 aromatic heterocycles. The SMILES string of the molecule is COc1ccc([C@H]2[C@@H](C(=O)O)c3ccccc3C(=O)N2c2ccccc2)cc1. The number of ether oxygens (including phenoxy) is 1. The number of anilines is 1. The zero-order chi connectivity index (χ0) is 19.7. The van der Waals surface area contributed by atoms with E-state index in [2.05, 4.69) is 0 Å². The number of para-hydroxylation sites is 1. The summed E-state index contributed by atoms with van der Waals surface area (Å²) in [6.45, 7) is 0. The third-order valence-corrected chi connectivity index (χ3v) is 5.10. The maximum Gasteiger partial charge on any atom is 0.313 e. The second-order valence-electron chi connectivity index (χ2n) is 6.63. The predicted molar refractivity (Wildman–Crippen MR) is 106 cm³/mol. The van der Waals surface area contributed by atoms with Crippen LogP contribution in [0.3, 0.4) is 0 Å². The topological polar surface area (TPSA) is 66.8 Å². The Morgan fingerprint density at radius 3 is 2.21 bits per heavy atom. The van der Waals surface area contributed by atoms with Gasteiger partial charge in [0.2, 0.25) is 0 Å². The Morgan fingerprint density at radius 1 is 0.929 bits per heavy atom. The van der Waals surface area contributed by atoms with Crippen LogP contribution in [-0.4, -0.2) is 24.1 Å². The van der Waals surface area contributed by atoms with Crippen LogP contribution in [0.25, 0.3) is 0 Å². The van der Waals surface area contributed by atoms with Crippen LogP contribution in [0.4, 0.5) is 5.69 Å². The minimum absolute atomic E-state index is 0.208.